The monoisotopic (exact) mass is 412 g/mol. The number of rotatable bonds is 10. The molecule has 2 fully saturated rings. The molecule has 0 spiro atoms. The van der Waals surface area contributed by atoms with Crippen molar-refractivity contribution in [2.75, 3.05) is 26.3 Å². The van der Waals surface area contributed by atoms with E-state index in [1.165, 1.54) is 0 Å². The number of benzene rings is 1. The third kappa shape index (κ3) is 5.63. The maximum Gasteiger partial charge on any atom is 0.261 e. The van der Waals surface area contributed by atoms with E-state index >= 15 is 0 Å². The molecule has 2 heterocycles. The summed E-state index contributed by atoms with van der Waals surface area (Å²) in [5, 5.41) is 0. The lowest BCUT2D eigenvalue weighted by Crippen LogP contribution is -2.47. The molecule has 1 aliphatic heterocycles. The van der Waals surface area contributed by atoms with Gasteiger partial charge in [0.1, 0.15) is 18.1 Å². The van der Waals surface area contributed by atoms with E-state index in [9.17, 15) is 9.59 Å². The summed E-state index contributed by atoms with van der Waals surface area (Å²) in [5.74, 6) is 1.11. The lowest BCUT2D eigenvalue weighted by molar-refractivity contribution is -0.143. The molecule has 0 unspecified atom stereocenters. The van der Waals surface area contributed by atoms with E-state index in [0.717, 1.165) is 38.1 Å². The van der Waals surface area contributed by atoms with Crippen LogP contribution in [0.3, 0.4) is 0 Å². The Labute approximate surface area is 176 Å². The summed E-state index contributed by atoms with van der Waals surface area (Å²) in [5.41, 5.74) is 0. The van der Waals surface area contributed by atoms with Crippen molar-refractivity contribution in [1.29, 1.82) is 0 Å². The van der Waals surface area contributed by atoms with Crippen LogP contribution in [-0.4, -0.2) is 60.1 Å². The molecule has 7 nitrogen and oxygen atoms in total. The number of carbonyl (C=O) groups is 2. The quantitative estimate of drug-likeness (QED) is 0.600. The number of hydrogen-bond acceptors (Lipinski definition) is 5. The first-order chi connectivity index (χ1) is 14.7. The normalized spacial score (nSPS) is 18.2. The number of carbonyl (C=O) groups excluding carboxylic acids is 2. The molecule has 2 aliphatic rings. The Morgan fingerprint density at radius 3 is 2.53 bits per heavy atom. The second-order valence-corrected chi connectivity index (χ2v) is 7.84. The fraction of sp³-hybridized carbons (Fsp3) is 0.478. The van der Waals surface area contributed by atoms with Crippen LogP contribution in [0.2, 0.25) is 0 Å². The minimum absolute atomic E-state index is 0.0374. The van der Waals surface area contributed by atoms with Gasteiger partial charge in [0.05, 0.1) is 18.9 Å². The molecule has 1 atom stereocenters. The molecule has 160 valence electrons. The van der Waals surface area contributed by atoms with Crippen molar-refractivity contribution in [3.05, 3.63) is 54.5 Å². The molecule has 1 saturated heterocycles. The van der Waals surface area contributed by atoms with Gasteiger partial charge in [-0.3, -0.25) is 9.59 Å². The van der Waals surface area contributed by atoms with E-state index in [2.05, 4.69) is 0 Å². The minimum Gasteiger partial charge on any atom is -0.484 e. The van der Waals surface area contributed by atoms with Crippen molar-refractivity contribution in [3.8, 4) is 5.75 Å². The molecule has 2 amide bonds. The van der Waals surface area contributed by atoms with Crippen molar-refractivity contribution >= 4 is 11.8 Å². The Morgan fingerprint density at radius 2 is 1.87 bits per heavy atom. The molecule has 0 bridgehead atoms. The molecule has 1 aromatic carbocycles. The van der Waals surface area contributed by atoms with Gasteiger partial charge in [-0.1, -0.05) is 18.2 Å². The van der Waals surface area contributed by atoms with Crippen molar-refractivity contribution < 1.29 is 23.5 Å². The maximum absolute atomic E-state index is 13.2. The van der Waals surface area contributed by atoms with Gasteiger partial charge < -0.3 is 23.7 Å². The van der Waals surface area contributed by atoms with E-state index in [-0.39, 0.29) is 37.1 Å². The van der Waals surface area contributed by atoms with Crippen molar-refractivity contribution in [3.63, 3.8) is 0 Å². The molecular formula is C23H28N2O5. The van der Waals surface area contributed by atoms with Gasteiger partial charge in [-0.25, -0.2) is 0 Å². The zero-order valence-corrected chi connectivity index (χ0v) is 17.1. The number of amides is 2. The number of nitrogens with zero attached hydrogens (tertiary/aromatic N) is 2. The highest BCUT2D eigenvalue weighted by Gasteiger charge is 2.35. The number of furan rings is 1. The van der Waals surface area contributed by atoms with Crippen molar-refractivity contribution in [2.24, 2.45) is 0 Å². The van der Waals surface area contributed by atoms with Crippen LogP contribution in [0.5, 0.6) is 5.75 Å². The Kier molecular flexibility index (Phi) is 6.69. The highest BCUT2D eigenvalue weighted by molar-refractivity contribution is 5.86. The molecule has 0 radical (unpaired) electrons. The minimum atomic E-state index is -0.162. The molecule has 2 aromatic rings. The topological polar surface area (TPSA) is 72.2 Å². The van der Waals surface area contributed by atoms with Crippen LogP contribution < -0.4 is 4.74 Å². The number of hydrogen-bond donors (Lipinski definition) is 0. The van der Waals surface area contributed by atoms with Gasteiger partial charge in [0.15, 0.2) is 6.61 Å². The summed E-state index contributed by atoms with van der Waals surface area (Å²) in [6.45, 7) is 1.59. The Bertz CT molecular complexity index is 813. The van der Waals surface area contributed by atoms with Crippen molar-refractivity contribution in [1.82, 2.24) is 9.80 Å². The standard InChI is InChI=1S/C23H28N2O5/c26-22(24(14-20-8-4-12-28-20)15-21-9-5-13-29-21)16-25(18-10-11-18)23(27)17-30-19-6-2-1-3-7-19/h1-4,6-8,12,18,21H,5,9-11,13-17H2/t21-/m1/s1. The van der Waals surface area contributed by atoms with Crippen LogP contribution in [0.4, 0.5) is 0 Å². The first-order valence-corrected chi connectivity index (χ1v) is 10.6. The zero-order valence-electron chi connectivity index (χ0n) is 17.1. The highest BCUT2D eigenvalue weighted by atomic mass is 16.5. The van der Waals surface area contributed by atoms with Gasteiger partial charge in [-0.05, 0) is 49.9 Å². The summed E-state index contributed by atoms with van der Waals surface area (Å²) in [6, 6.07) is 13.0. The van der Waals surface area contributed by atoms with Crippen molar-refractivity contribution in [2.45, 2.75) is 44.4 Å². The Hall–Kier alpha value is -2.80. The fourth-order valence-electron chi connectivity index (χ4n) is 3.68. The highest BCUT2D eigenvalue weighted by Crippen LogP contribution is 2.27. The van der Waals surface area contributed by atoms with Crippen LogP contribution in [0.25, 0.3) is 0 Å². The summed E-state index contributed by atoms with van der Waals surface area (Å²) in [6.07, 6.45) is 5.44. The molecule has 1 saturated carbocycles. The van der Waals surface area contributed by atoms with Gasteiger partial charge in [0, 0.05) is 19.2 Å². The third-order valence-electron chi connectivity index (χ3n) is 5.45. The van der Waals surface area contributed by atoms with E-state index in [1.54, 1.807) is 16.1 Å². The lowest BCUT2D eigenvalue weighted by atomic mass is 10.2. The van der Waals surface area contributed by atoms with E-state index in [4.69, 9.17) is 13.9 Å². The number of ether oxygens (including phenoxy) is 2. The summed E-state index contributed by atoms with van der Waals surface area (Å²) >= 11 is 0. The zero-order chi connectivity index (χ0) is 20.8. The second-order valence-electron chi connectivity index (χ2n) is 7.84. The Balaban J connectivity index is 1.38. The first-order valence-electron chi connectivity index (χ1n) is 10.6. The summed E-state index contributed by atoms with van der Waals surface area (Å²) in [7, 11) is 0. The van der Waals surface area contributed by atoms with Crippen LogP contribution in [0.15, 0.2) is 53.1 Å². The fourth-order valence-corrected chi connectivity index (χ4v) is 3.68. The Morgan fingerprint density at radius 1 is 1.03 bits per heavy atom. The molecule has 0 N–H and O–H groups in total. The number of para-hydroxylation sites is 1. The summed E-state index contributed by atoms with van der Waals surface area (Å²) < 4.78 is 16.8. The molecule has 30 heavy (non-hydrogen) atoms. The molecular weight excluding hydrogens is 384 g/mol. The van der Waals surface area contributed by atoms with E-state index in [0.29, 0.717) is 18.8 Å². The smallest absolute Gasteiger partial charge is 0.261 e. The lowest BCUT2D eigenvalue weighted by Gasteiger charge is -2.28. The van der Waals surface area contributed by atoms with Gasteiger partial charge in [-0.2, -0.15) is 0 Å². The van der Waals surface area contributed by atoms with Crippen LogP contribution in [0, 0.1) is 0 Å². The molecule has 4 rings (SSSR count). The largest absolute Gasteiger partial charge is 0.484 e. The predicted octanol–water partition coefficient (Wildman–Crippen LogP) is 2.86. The van der Waals surface area contributed by atoms with E-state index in [1.807, 2.05) is 42.5 Å². The van der Waals surface area contributed by atoms with Gasteiger partial charge in [0.25, 0.3) is 5.91 Å². The predicted molar refractivity (Wildman–Crippen MR) is 110 cm³/mol. The summed E-state index contributed by atoms with van der Waals surface area (Å²) in [4.78, 5) is 29.4. The molecule has 7 heteroatoms. The van der Waals surface area contributed by atoms with Gasteiger partial charge >= 0.3 is 0 Å². The van der Waals surface area contributed by atoms with Crippen LogP contribution >= 0.6 is 0 Å². The molecule has 1 aromatic heterocycles. The van der Waals surface area contributed by atoms with Gasteiger partial charge in [0.2, 0.25) is 5.91 Å². The third-order valence-corrected chi connectivity index (χ3v) is 5.45. The molecule has 1 aliphatic carbocycles. The van der Waals surface area contributed by atoms with Crippen LogP contribution in [-0.2, 0) is 20.9 Å². The average Bonchev–Trinajstić information content (AvgIpc) is 3.22. The van der Waals surface area contributed by atoms with Gasteiger partial charge in [-0.15, -0.1) is 0 Å². The second kappa shape index (κ2) is 9.80. The van der Waals surface area contributed by atoms with E-state index < -0.39 is 0 Å². The first kappa shape index (κ1) is 20.5. The SMILES string of the molecule is O=C(CN(C(=O)COc1ccccc1)C1CC1)N(Cc1ccco1)C[C@H]1CCCO1. The average molecular weight is 412 g/mol. The van der Waals surface area contributed by atoms with Crippen LogP contribution in [0.1, 0.15) is 31.4 Å². The maximum atomic E-state index is 13.2.